The fourth-order valence-electron chi connectivity index (χ4n) is 5.76. The van der Waals surface area contributed by atoms with Crippen LogP contribution in [0.4, 0.5) is 4.39 Å². The number of benzene rings is 4. The number of rotatable bonds is 7. The maximum absolute atomic E-state index is 14.2. The molecule has 0 radical (unpaired) electrons. The number of fused-ring (bicyclic) bond motifs is 3. The number of hydrogen-bond donors (Lipinski definition) is 0. The molecule has 0 N–H and O–H groups in total. The van der Waals surface area contributed by atoms with E-state index in [0.717, 1.165) is 33.1 Å². The van der Waals surface area contributed by atoms with Crippen molar-refractivity contribution in [3.05, 3.63) is 120 Å². The van der Waals surface area contributed by atoms with Gasteiger partial charge in [0, 0.05) is 56.4 Å². The molecule has 0 amide bonds. The number of aromatic nitrogens is 4. The van der Waals surface area contributed by atoms with Gasteiger partial charge in [0.1, 0.15) is 11.6 Å². The molecule has 45 heavy (non-hydrogen) atoms. The van der Waals surface area contributed by atoms with Crippen LogP contribution in [0.2, 0.25) is 0 Å². The van der Waals surface area contributed by atoms with Gasteiger partial charge in [-0.05, 0) is 60.7 Å². The van der Waals surface area contributed by atoms with E-state index in [4.69, 9.17) is 9.84 Å². The van der Waals surface area contributed by atoms with Crippen molar-refractivity contribution in [3.63, 3.8) is 0 Å². The summed E-state index contributed by atoms with van der Waals surface area (Å²) in [7, 11) is 0. The Balaban J connectivity index is 0.00000357. The van der Waals surface area contributed by atoms with Gasteiger partial charge in [-0.2, -0.15) is 17.2 Å². The molecule has 3 aromatic heterocycles. The van der Waals surface area contributed by atoms with Crippen LogP contribution in [0.15, 0.2) is 101 Å². The van der Waals surface area contributed by atoms with Crippen LogP contribution < -0.4 is 4.74 Å². The number of hydrogen-bond acceptors (Lipinski definition) is 5. The Morgan fingerprint density at radius 3 is 2.33 bits per heavy atom. The van der Waals surface area contributed by atoms with Crippen LogP contribution in [0, 0.1) is 31.8 Å². The van der Waals surface area contributed by atoms with Crippen LogP contribution in [0.3, 0.4) is 0 Å². The molecule has 4 aromatic carbocycles. The molecule has 0 fully saturated rings. The van der Waals surface area contributed by atoms with E-state index in [0.29, 0.717) is 17.3 Å². The predicted octanol–water partition coefficient (Wildman–Crippen LogP) is 9.62. The average Bonchev–Trinajstić information content (AvgIpc) is 3.64. The molecule has 5 nitrogen and oxygen atoms in total. The second-order valence-electron chi connectivity index (χ2n) is 10.4. The normalized spacial score (nSPS) is 11.2. The first kappa shape index (κ1) is 31.2. The third-order valence-corrected chi connectivity index (χ3v) is 9.46. The standard InChI is InChI=1S/C36H27FN4OS2.Pt/c1-22-16-23(2)36(44-4)34(35(22)43-3)24-20-39-40(21-24)26-8-7-9-27(18-26)42-28-12-13-30-29-10-5-6-11-31(29)41(32(30)19-28)33-17-25(37)14-15-38-33;/h5-17,20-21H,1-4H3;/q-2;+2. The summed E-state index contributed by atoms with van der Waals surface area (Å²) in [6, 6.07) is 29.4. The largest absolute Gasteiger partial charge is 2.00 e. The zero-order chi connectivity index (χ0) is 30.4. The molecule has 9 heteroatoms. The molecule has 0 aliphatic heterocycles. The van der Waals surface area contributed by atoms with Crippen molar-refractivity contribution in [1.29, 1.82) is 0 Å². The van der Waals surface area contributed by atoms with Gasteiger partial charge >= 0.3 is 21.1 Å². The van der Waals surface area contributed by atoms with Crippen LogP contribution in [-0.2, 0) is 21.1 Å². The molecule has 0 saturated heterocycles. The molecule has 0 unspecified atom stereocenters. The van der Waals surface area contributed by atoms with E-state index in [1.54, 1.807) is 23.5 Å². The molecule has 0 spiro atoms. The summed E-state index contributed by atoms with van der Waals surface area (Å²) in [5, 5.41) is 6.70. The minimum atomic E-state index is -0.353. The van der Waals surface area contributed by atoms with E-state index in [1.807, 2.05) is 76.2 Å². The van der Waals surface area contributed by atoms with Crippen molar-refractivity contribution in [1.82, 2.24) is 19.3 Å². The monoisotopic (exact) mass is 809 g/mol. The van der Waals surface area contributed by atoms with E-state index in [1.165, 1.54) is 44.8 Å². The number of para-hydroxylation sites is 1. The summed E-state index contributed by atoms with van der Waals surface area (Å²) in [6.07, 6.45) is 9.66. The van der Waals surface area contributed by atoms with Gasteiger partial charge in [0.25, 0.3) is 0 Å². The topological polar surface area (TPSA) is 44.9 Å². The third kappa shape index (κ3) is 5.71. The van der Waals surface area contributed by atoms with Gasteiger partial charge in [-0.15, -0.1) is 59.2 Å². The van der Waals surface area contributed by atoms with Gasteiger partial charge in [0.2, 0.25) is 0 Å². The number of pyridine rings is 1. The summed E-state index contributed by atoms with van der Waals surface area (Å²) < 4.78 is 24.2. The van der Waals surface area contributed by atoms with Crippen LogP contribution in [0.25, 0.3) is 44.4 Å². The van der Waals surface area contributed by atoms with E-state index in [9.17, 15) is 4.39 Å². The third-order valence-electron chi connectivity index (χ3n) is 7.60. The van der Waals surface area contributed by atoms with Crippen LogP contribution in [0.1, 0.15) is 11.1 Å². The Bertz CT molecular complexity index is 2160. The summed E-state index contributed by atoms with van der Waals surface area (Å²) in [6.45, 7) is 4.32. The SMILES string of the molecule is CSc1c(C)cc(C)c(SC)c1-c1cnn(-c2[c-]c(Oc3[c-]c4c(cc3)c3ccccc3n4-c3cc(F)ccn3)ccc2)c1.[Pt+2]. The van der Waals surface area contributed by atoms with Crippen molar-refractivity contribution >= 4 is 45.3 Å². The first-order valence-electron chi connectivity index (χ1n) is 14.0. The number of aryl methyl sites for hydroxylation is 2. The first-order chi connectivity index (χ1) is 21.4. The molecule has 7 aromatic rings. The van der Waals surface area contributed by atoms with Gasteiger partial charge in [-0.25, -0.2) is 9.37 Å². The van der Waals surface area contributed by atoms with Gasteiger partial charge < -0.3 is 9.30 Å². The summed E-state index contributed by atoms with van der Waals surface area (Å²) in [5.74, 6) is 1.17. The molecule has 0 bridgehead atoms. The van der Waals surface area contributed by atoms with E-state index < -0.39 is 0 Å². The fraction of sp³-hybridized carbons (Fsp3) is 0.111. The maximum Gasteiger partial charge on any atom is 2.00 e. The molecular formula is C36H27FN4OPtS2. The summed E-state index contributed by atoms with van der Waals surface area (Å²) in [4.78, 5) is 6.96. The van der Waals surface area contributed by atoms with Crippen molar-refractivity contribution < 1.29 is 30.2 Å². The molecule has 0 aliphatic rings. The van der Waals surface area contributed by atoms with Crippen molar-refractivity contribution in [2.75, 3.05) is 12.5 Å². The Kier molecular flexibility index (Phi) is 8.91. The second-order valence-corrected chi connectivity index (χ2v) is 12.0. The summed E-state index contributed by atoms with van der Waals surface area (Å²) >= 11 is 3.52. The minimum absolute atomic E-state index is 0. The number of ether oxygens (including phenoxy) is 1. The molecule has 0 saturated carbocycles. The molecular weight excluding hydrogens is 783 g/mol. The summed E-state index contributed by atoms with van der Waals surface area (Å²) in [5.41, 5.74) is 7.21. The van der Waals surface area contributed by atoms with Gasteiger partial charge in [-0.1, -0.05) is 29.8 Å². The van der Waals surface area contributed by atoms with E-state index in [2.05, 4.69) is 49.5 Å². The molecule has 7 rings (SSSR count). The zero-order valence-corrected chi connectivity index (χ0v) is 28.8. The zero-order valence-electron chi connectivity index (χ0n) is 24.9. The fourth-order valence-corrected chi connectivity index (χ4v) is 7.44. The Labute approximate surface area is 284 Å². The van der Waals surface area contributed by atoms with E-state index in [-0.39, 0.29) is 26.9 Å². The smallest absolute Gasteiger partial charge is 0.509 e. The second kappa shape index (κ2) is 12.9. The minimum Gasteiger partial charge on any atom is -0.509 e. The van der Waals surface area contributed by atoms with Crippen LogP contribution in [-0.4, -0.2) is 31.8 Å². The molecule has 226 valence electrons. The van der Waals surface area contributed by atoms with Crippen LogP contribution >= 0.6 is 23.5 Å². The first-order valence-corrected chi connectivity index (χ1v) is 16.5. The molecule has 3 heterocycles. The number of nitrogens with zero attached hydrogens (tertiary/aromatic N) is 4. The Morgan fingerprint density at radius 1 is 0.822 bits per heavy atom. The van der Waals surface area contributed by atoms with Gasteiger partial charge in [0.15, 0.2) is 0 Å². The van der Waals surface area contributed by atoms with E-state index >= 15 is 0 Å². The number of halogens is 1. The van der Waals surface area contributed by atoms with Crippen molar-refractivity contribution in [3.8, 4) is 34.1 Å². The van der Waals surface area contributed by atoms with Crippen molar-refractivity contribution in [2.45, 2.75) is 23.6 Å². The van der Waals surface area contributed by atoms with Crippen LogP contribution in [0.5, 0.6) is 11.5 Å². The van der Waals surface area contributed by atoms with Gasteiger partial charge in [0.05, 0.1) is 6.20 Å². The Hall–Kier alpha value is -3.84. The van der Waals surface area contributed by atoms with Gasteiger partial charge in [-0.3, -0.25) is 4.68 Å². The Morgan fingerprint density at radius 2 is 1.58 bits per heavy atom. The van der Waals surface area contributed by atoms with Crippen molar-refractivity contribution in [2.24, 2.45) is 0 Å². The predicted molar refractivity (Wildman–Crippen MR) is 178 cm³/mol. The number of thioether (sulfide) groups is 2. The quantitative estimate of drug-likeness (QED) is 0.119. The average molecular weight is 810 g/mol. The molecule has 0 atom stereocenters. The maximum atomic E-state index is 14.2. The molecule has 0 aliphatic carbocycles.